The number of aromatic nitrogens is 2. The molecule has 0 spiro atoms. The number of amides is 1. The van der Waals surface area contributed by atoms with Crippen LogP contribution in [0.1, 0.15) is 50.3 Å². The first-order valence-electron chi connectivity index (χ1n) is 12.6. The molecule has 0 unspecified atom stereocenters. The van der Waals surface area contributed by atoms with Crippen LogP contribution in [0.4, 0.5) is 4.39 Å². The first-order chi connectivity index (χ1) is 17.1. The molecule has 2 aliphatic rings. The lowest BCUT2D eigenvalue weighted by Crippen LogP contribution is -2.42. The van der Waals surface area contributed by atoms with E-state index >= 15 is 0 Å². The van der Waals surface area contributed by atoms with Gasteiger partial charge >= 0.3 is 0 Å². The van der Waals surface area contributed by atoms with E-state index in [2.05, 4.69) is 0 Å². The van der Waals surface area contributed by atoms with Crippen molar-refractivity contribution in [1.29, 1.82) is 0 Å². The Bertz CT molecular complexity index is 1150. The molecule has 184 valence electrons. The number of halogens is 1. The van der Waals surface area contributed by atoms with Crippen molar-refractivity contribution in [3.8, 4) is 17.3 Å². The smallest absolute Gasteiger partial charge is 0.227 e. The van der Waals surface area contributed by atoms with Gasteiger partial charge in [-0.1, -0.05) is 37.6 Å². The maximum Gasteiger partial charge on any atom is 0.227 e. The summed E-state index contributed by atoms with van der Waals surface area (Å²) in [4.78, 5) is 15.4. The molecule has 1 saturated heterocycles. The molecule has 1 aromatic heterocycles. The predicted molar refractivity (Wildman–Crippen MR) is 131 cm³/mol. The second-order valence-electron chi connectivity index (χ2n) is 9.37. The highest BCUT2D eigenvalue weighted by Crippen LogP contribution is 2.35. The zero-order valence-electron chi connectivity index (χ0n) is 20.2. The number of hydrogen-bond donors (Lipinski definition) is 0. The summed E-state index contributed by atoms with van der Waals surface area (Å²) < 4.78 is 27.9. The van der Waals surface area contributed by atoms with Crippen molar-refractivity contribution < 1.29 is 18.7 Å². The van der Waals surface area contributed by atoms with Crippen molar-refractivity contribution in [3.63, 3.8) is 0 Å². The van der Waals surface area contributed by atoms with Gasteiger partial charge in [-0.25, -0.2) is 9.07 Å². The molecule has 2 heterocycles. The topological polar surface area (TPSA) is 56.6 Å². The largest absolute Gasteiger partial charge is 0.438 e. The van der Waals surface area contributed by atoms with Crippen LogP contribution in [0.3, 0.4) is 0 Å². The molecule has 1 saturated carbocycles. The van der Waals surface area contributed by atoms with E-state index in [1.807, 2.05) is 42.2 Å². The highest BCUT2D eigenvalue weighted by atomic mass is 19.1. The molecule has 1 amide bonds. The summed E-state index contributed by atoms with van der Waals surface area (Å²) >= 11 is 0. The zero-order chi connectivity index (χ0) is 24.2. The maximum atomic E-state index is 14.0. The van der Waals surface area contributed by atoms with Gasteiger partial charge in [-0.2, -0.15) is 5.10 Å². The summed E-state index contributed by atoms with van der Waals surface area (Å²) in [5, 5.41) is 4.87. The Morgan fingerprint density at radius 3 is 2.63 bits per heavy atom. The fourth-order valence-corrected chi connectivity index (χ4v) is 4.78. The van der Waals surface area contributed by atoms with E-state index in [0.29, 0.717) is 31.1 Å². The van der Waals surface area contributed by atoms with Gasteiger partial charge in [-0.15, -0.1) is 0 Å². The maximum absolute atomic E-state index is 14.0. The summed E-state index contributed by atoms with van der Waals surface area (Å²) in [6, 6.07) is 15.8. The summed E-state index contributed by atoms with van der Waals surface area (Å²) in [6.45, 7) is 3.74. The summed E-state index contributed by atoms with van der Waals surface area (Å²) in [6.07, 6.45) is 5.71. The molecule has 0 bridgehead atoms. The van der Waals surface area contributed by atoms with Gasteiger partial charge in [0.15, 0.2) is 0 Å². The SMILES string of the molecule is CCc1nn(-c2ccccc2)c(Oc2cccc(F)c2)c1CN(C[C@@H]1CCCO1)C(=O)C1CCC1. The predicted octanol–water partition coefficient (Wildman–Crippen LogP) is 5.67. The van der Waals surface area contributed by atoms with E-state index in [4.69, 9.17) is 14.6 Å². The van der Waals surface area contributed by atoms with Crippen LogP contribution in [-0.4, -0.2) is 39.8 Å². The van der Waals surface area contributed by atoms with E-state index in [1.54, 1.807) is 16.8 Å². The van der Waals surface area contributed by atoms with Crippen molar-refractivity contribution in [3.05, 3.63) is 71.7 Å². The summed E-state index contributed by atoms with van der Waals surface area (Å²) in [5.74, 6) is 0.793. The number of nitrogens with zero attached hydrogens (tertiary/aromatic N) is 3. The minimum atomic E-state index is -0.370. The Kier molecular flexibility index (Phi) is 7.13. The Hall–Kier alpha value is -3.19. The molecule has 6 nitrogen and oxygen atoms in total. The van der Waals surface area contributed by atoms with Crippen molar-refractivity contribution in [1.82, 2.24) is 14.7 Å². The fraction of sp³-hybridized carbons (Fsp3) is 0.429. The van der Waals surface area contributed by atoms with E-state index in [0.717, 1.165) is 55.7 Å². The Balaban J connectivity index is 1.54. The molecule has 2 aromatic carbocycles. The number of rotatable bonds is 9. The van der Waals surface area contributed by atoms with Crippen LogP contribution in [0.5, 0.6) is 11.6 Å². The monoisotopic (exact) mass is 477 g/mol. The number of aryl methyl sites for hydroxylation is 1. The average Bonchev–Trinajstić information content (AvgIpc) is 3.46. The number of ether oxygens (including phenoxy) is 2. The highest BCUT2D eigenvalue weighted by molar-refractivity contribution is 5.79. The second kappa shape index (κ2) is 10.6. The van der Waals surface area contributed by atoms with Crippen LogP contribution < -0.4 is 4.74 Å². The summed E-state index contributed by atoms with van der Waals surface area (Å²) in [7, 11) is 0. The normalized spacial score (nSPS) is 17.8. The molecule has 35 heavy (non-hydrogen) atoms. The number of carbonyl (C=O) groups is 1. The van der Waals surface area contributed by atoms with Crippen LogP contribution in [0.15, 0.2) is 54.6 Å². The lowest BCUT2D eigenvalue weighted by molar-refractivity contribution is -0.140. The van der Waals surface area contributed by atoms with Gasteiger partial charge in [-0.3, -0.25) is 4.79 Å². The van der Waals surface area contributed by atoms with Crippen molar-refractivity contribution in [2.75, 3.05) is 13.2 Å². The van der Waals surface area contributed by atoms with Gasteiger partial charge in [0.05, 0.1) is 29.6 Å². The van der Waals surface area contributed by atoms with Gasteiger partial charge in [0, 0.05) is 25.1 Å². The van der Waals surface area contributed by atoms with Crippen molar-refractivity contribution >= 4 is 5.91 Å². The van der Waals surface area contributed by atoms with Crippen LogP contribution in [0, 0.1) is 11.7 Å². The molecular weight excluding hydrogens is 445 g/mol. The molecule has 0 radical (unpaired) electrons. The molecule has 5 rings (SSSR count). The van der Waals surface area contributed by atoms with Gasteiger partial charge in [-0.05, 0) is 56.4 Å². The number of para-hydroxylation sites is 1. The molecule has 1 aliphatic carbocycles. The Morgan fingerprint density at radius 2 is 1.97 bits per heavy atom. The quantitative estimate of drug-likeness (QED) is 0.398. The third-order valence-corrected chi connectivity index (χ3v) is 6.93. The van der Waals surface area contributed by atoms with Gasteiger partial charge in [0.1, 0.15) is 11.6 Å². The van der Waals surface area contributed by atoms with E-state index < -0.39 is 0 Å². The van der Waals surface area contributed by atoms with Gasteiger partial charge in [0.2, 0.25) is 11.8 Å². The van der Waals surface area contributed by atoms with Crippen LogP contribution in [0.2, 0.25) is 0 Å². The molecule has 3 aromatic rings. The van der Waals surface area contributed by atoms with E-state index in [1.165, 1.54) is 12.1 Å². The minimum Gasteiger partial charge on any atom is -0.438 e. The van der Waals surface area contributed by atoms with Crippen LogP contribution in [-0.2, 0) is 22.5 Å². The van der Waals surface area contributed by atoms with Crippen molar-refractivity contribution in [2.45, 2.75) is 58.1 Å². The second-order valence-corrected chi connectivity index (χ2v) is 9.37. The van der Waals surface area contributed by atoms with Crippen LogP contribution in [0.25, 0.3) is 5.69 Å². The highest BCUT2D eigenvalue weighted by Gasteiger charge is 2.33. The van der Waals surface area contributed by atoms with E-state index in [9.17, 15) is 9.18 Å². The number of benzene rings is 2. The molecule has 0 N–H and O–H groups in total. The van der Waals surface area contributed by atoms with Crippen molar-refractivity contribution in [2.24, 2.45) is 5.92 Å². The Morgan fingerprint density at radius 1 is 1.14 bits per heavy atom. The first kappa shape index (κ1) is 23.5. The lowest BCUT2D eigenvalue weighted by Gasteiger charge is -2.33. The molecule has 2 fully saturated rings. The molecule has 1 atom stereocenters. The average molecular weight is 478 g/mol. The first-order valence-corrected chi connectivity index (χ1v) is 12.6. The fourth-order valence-electron chi connectivity index (χ4n) is 4.78. The molecule has 7 heteroatoms. The number of carbonyl (C=O) groups excluding carboxylic acids is 1. The van der Waals surface area contributed by atoms with E-state index in [-0.39, 0.29) is 23.7 Å². The summed E-state index contributed by atoms with van der Waals surface area (Å²) in [5.41, 5.74) is 2.56. The lowest BCUT2D eigenvalue weighted by atomic mass is 9.84. The number of hydrogen-bond acceptors (Lipinski definition) is 4. The van der Waals surface area contributed by atoms with Gasteiger partial charge < -0.3 is 14.4 Å². The molecular formula is C28H32FN3O3. The third kappa shape index (κ3) is 5.25. The standard InChI is InChI=1S/C28H32FN3O3/c1-2-26-25(19-31(18-24-15-8-16-34-24)27(33)20-9-6-10-20)28(35-23-14-7-11-21(29)17-23)32(30-26)22-12-4-3-5-13-22/h3-5,7,11-14,17,20,24H,2,6,8-10,15-16,18-19H2,1H3/t24-/m0/s1. The van der Waals surface area contributed by atoms with Gasteiger partial charge in [0.25, 0.3) is 0 Å². The van der Waals surface area contributed by atoms with Crippen LogP contribution >= 0.6 is 0 Å². The Labute approximate surface area is 205 Å². The minimum absolute atomic E-state index is 0.0564. The molecule has 1 aliphatic heterocycles. The zero-order valence-corrected chi connectivity index (χ0v) is 20.2. The third-order valence-electron chi connectivity index (χ3n) is 6.93.